The number of aliphatic hydroxyl groups excluding tert-OH is 1. The molecule has 0 bridgehead atoms. The van der Waals surface area contributed by atoms with E-state index in [0.717, 1.165) is 19.4 Å². The number of amides is 1. The zero-order valence-corrected chi connectivity index (χ0v) is 14.6. The lowest BCUT2D eigenvalue weighted by atomic mass is 9.78. The van der Waals surface area contributed by atoms with Gasteiger partial charge in [-0.05, 0) is 56.4 Å². The molecule has 132 valence electrons. The van der Waals surface area contributed by atoms with Gasteiger partial charge < -0.3 is 19.9 Å². The molecule has 2 aliphatic rings. The lowest BCUT2D eigenvalue weighted by Crippen LogP contribution is -2.41. The van der Waals surface area contributed by atoms with Gasteiger partial charge in [0, 0.05) is 25.7 Å². The number of carbonyl (C=O) groups is 1. The SMILES string of the molecule is CCOC1OC(C(=O)NCC2CC2)=CC(C(C)C)C1CCCO. The summed E-state index contributed by atoms with van der Waals surface area (Å²) in [5, 5.41) is 12.1. The van der Waals surface area contributed by atoms with E-state index >= 15 is 0 Å². The van der Waals surface area contributed by atoms with Gasteiger partial charge >= 0.3 is 0 Å². The van der Waals surface area contributed by atoms with E-state index in [4.69, 9.17) is 14.6 Å². The predicted molar refractivity (Wildman–Crippen MR) is 88.5 cm³/mol. The first-order valence-electron chi connectivity index (χ1n) is 8.95. The number of hydrogen-bond acceptors (Lipinski definition) is 4. The molecule has 3 atom stereocenters. The van der Waals surface area contributed by atoms with Crippen molar-refractivity contribution in [1.82, 2.24) is 5.32 Å². The minimum atomic E-state index is -0.411. The van der Waals surface area contributed by atoms with Crippen LogP contribution in [0.1, 0.15) is 46.5 Å². The number of ether oxygens (including phenoxy) is 2. The first-order valence-corrected chi connectivity index (χ1v) is 8.95. The van der Waals surface area contributed by atoms with Crippen LogP contribution in [0.25, 0.3) is 0 Å². The second-order valence-electron chi connectivity index (χ2n) is 6.98. The molecular formula is C18H31NO4. The van der Waals surface area contributed by atoms with Gasteiger partial charge in [-0.2, -0.15) is 0 Å². The standard InChI is InChI=1S/C18H31NO4/c1-4-22-18-14(6-5-9-20)15(12(2)3)10-16(23-18)17(21)19-11-13-7-8-13/h10,12-15,18,20H,4-9,11H2,1-3H3,(H,19,21). The number of hydrogen-bond donors (Lipinski definition) is 2. The van der Waals surface area contributed by atoms with Crippen LogP contribution in [0.5, 0.6) is 0 Å². The van der Waals surface area contributed by atoms with Gasteiger partial charge in [0.05, 0.1) is 0 Å². The minimum Gasteiger partial charge on any atom is -0.459 e. The van der Waals surface area contributed by atoms with Crippen LogP contribution >= 0.6 is 0 Å². The molecule has 2 rings (SSSR count). The van der Waals surface area contributed by atoms with Crippen molar-refractivity contribution in [1.29, 1.82) is 0 Å². The third-order valence-corrected chi connectivity index (χ3v) is 4.70. The summed E-state index contributed by atoms with van der Waals surface area (Å²) in [7, 11) is 0. The van der Waals surface area contributed by atoms with Crippen molar-refractivity contribution in [3.8, 4) is 0 Å². The predicted octanol–water partition coefficient (Wildman–Crippen LogP) is 2.45. The maximum Gasteiger partial charge on any atom is 0.286 e. The van der Waals surface area contributed by atoms with E-state index in [1.54, 1.807) is 0 Å². The van der Waals surface area contributed by atoms with Gasteiger partial charge in [-0.25, -0.2) is 0 Å². The summed E-state index contributed by atoms with van der Waals surface area (Å²) < 4.78 is 11.6. The number of carbonyl (C=O) groups excluding carboxylic acids is 1. The molecule has 0 aromatic carbocycles. The molecule has 5 nitrogen and oxygen atoms in total. The van der Waals surface area contributed by atoms with E-state index < -0.39 is 6.29 Å². The van der Waals surface area contributed by atoms with Gasteiger partial charge in [0.15, 0.2) is 5.76 Å². The minimum absolute atomic E-state index is 0.132. The quantitative estimate of drug-likeness (QED) is 0.683. The fraction of sp³-hybridized carbons (Fsp3) is 0.833. The first kappa shape index (κ1) is 18.3. The average molecular weight is 325 g/mol. The Hall–Kier alpha value is -1.07. The third kappa shape index (κ3) is 5.21. The van der Waals surface area contributed by atoms with Crippen LogP contribution in [0.15, 0.2) is 11.8 Å². The summed E-state index contributed by atoms with van der Waals surface area (Å²) >= 11 is 0. The molecule has 1 fully saturated rings. The smallest absolute Gasteiger partial charge is 0.286 e. The lowest BCUT2D eigenvalue weighted by Gasteiger charge is -2.38. The molecule has 0 aromatic rings. The summed E-state index contributed by atoms with van der Waals surface area (Å²) in [6.07, 6.45) is 5.52. The van der Waals surface area contributed by atoms with Crippen LogP contribution in [0.2, 0.25) is 0 Å². The largest absolute Gasteiger partial charge is 0.459 e. The fourth-order valence-corrected chi connectivity index (χ4v) is 3.17. The van der Waals surface area contributed by atoms with Crippen LogP contribution in [0.4, 0.5) is 0 Å². The molecule has 1 saturated carbocycles. The highest BCUT2D eigenvalue weighted by Crippen LogP contribution is 2.37. The van der Waals surface area contributed by atoms with Crippen LogP contribution in [0, 0.1) is 23.7 Å². The van der Waals surface area contributed by atoms with E-state index in [0.29, 0.717) is 24.2 Å². The molecule has 1 aliphatic heterocycles. The number of nitrogens with one attached hydrogen (secondary N) is 1. The highest BCUT2D eigenvalue weighted by atomic mass is 16.7. The summed E-state index contributed by atoms with van der Waals surface area (Å²) in [6, 6.07) is 0. The zero-order chi connectivity index (χ0) is 16.8. The van der Waals surface area contributed by atoms with Crippen molar-refractivity contribution < 1.29 is 19.4 Å². The summed E-state index contributed by atoms with van der Waals surface area (Å²) in [4.78, 5) is 12.4. The first-order chi connectivity index (χ1) is 11.1. The van der Waals surface area contributed by atoms with Crippen LogP contribution in [-0.4, -0.2) is 37.1 Å². The normalized spacial score (nSPS) is 27.5. The molecule has 5 heteroatoms. The van der Waals surface area contributed by atoms with Crippen LogP contribution < -0.4 is 5.32 Å². The molecule has 0 saturated heterocycles. The Kier molecular flexibility index (Phi) is 6.90. The number of aliphatic hydroxyl groups is 1. The number of rotatable bonds is 9. The van der Waals surface area contributed by atoms with E-state index in [2.05, 4.69) is 19.2 Å². The summed E-state index contributed by atoms with van der Waals surface area (Å²) in [6.45, 7) is 7.68. The Morgan fingerprint density at radius 3 is 2.78 bits per heavy atom. The Morgan fingerprint density at radius 1 is 1.48 bits per heavy atom. The van der Waals surface area contributed by atoms with E-state index in [1.165, 1.54) is 12.8 Å². The third-order valence-electron chi connectivity index (χ3n) is 4.70. The van der Waals surface area contributed by atoms with Crippen LogP contribution in [-0.2, 0) is 14.3 Å². The summed E-state index contributed by atoms with van der Waals surface area (Å²) in [5.41, 5.74) is 0. The Labute approximate surface area is 139 Å². The molecular weight excluding hydrogens is 294 g/mol. The fourth-order valence-electron chi connectivity index (χ4n) is 3.17. The van der Waals surface area contributed by atoms with Crippen molar-refractivity contribution in [2.45, 2.75) is 52.7 Å². The maximum atomic E-state index is 12.4. The Balaban J connectivity index is 2.09. The highest BCUT2D eigenvalue weighted by molar-refractivity contribution is 5.91. The van der Waals surface area contributed by atoms with Gasteiger partial charge in [0.1, 0.15) is 0 Å². The lowest BCUT2D eigenvalue weighted by molar-refractivity contribution is -0.175. The second kappa shape index (κ2) is 8.69. The molecule has 0 radical (unpaired) electrons. The molecule has 0 aromatic heterocycles. The van der Waals surface area contributed by atoms with Gasteiger partial charge in [-0.15, -0.1) is 0 Å². The molecule has 0 spiro atoms. The van der Waals surface area contributed by atoms with E-state index in [9.17, 15) is 4.79 Å². The second-order valence-corrected chi connectivity index (χ2v) is 6.98. The van der Waals surface area contributed by atoms with Crippen molar-refractivity contribution in [3.63, 3.8) is 0 Å². The number of allylic oxidation sites excluding steroid dienone is 1. The van der Waals surface area contributed by atoms with Crippen molar-refractivity contribution in [3.05, 3.63) is 11.8 Å². The van der Waals surface area contributed by atoms with Crippen LogP contribution in [0.3, 0.4) is 0 Å². The molecule has 1 amide bonds. The molecule has 1 aliphatic carbocycles. The average Bonchev–Trinajstić information content (AvgIpc) is 3.35. The monoisotopic (exact) mass is 325 g/mol. The molecule has 3 unspecified atom stereocenters. The Bertz CT molecular complexity index is 417. The van der Waals surface area contributed by atoms with Gasteiger partial charge in [-0.3, -0.25) is 4.79 Å². The molecule has 2 N–H and O–H groups in total. The van der Waals surface area contributed by atoms with Gasteiger partial charge in [0.25, 0.3) is 5.91 Å². The van der Waals surface area contributed by atoms with Gasteiger partial charge in [0.2, 0.25) is 6.29 Å². The molecule has 1 heterocycles. The van der Waals surface area contributed by atoms with E-state index in [-0.39, 0.29) is 24.3 Å². The van der Waals surface area contributed by atoms with Crippen molar-refractivity contribution >= 4 is 5.91 Å². The highest BCUT2D eigenvalue weighted by Gasteiger charge is 2.38. The van der Waals surface area contributed by atoms with Gasteiger partial charge in [-0.1, -0.05) is 13.8 Å². The van der Waals surface area contributed by atoms with Crippen molar-refractivity contribution in [2.24, 2.45) is 23.7 Å². The van der Waals surface area contributed by atoms with E-state index in [1.807, 2.05) is 13.0 Å². The maximum absolute atomic E-state index is 12.4. The van der Waals surface area contributed by atoms with Crippen molar-refractivity contribution in [2.75, 3.05) is 19.8 Å². The summed E-state index contributed by atoms with van der Waals surface area (Å²) in [5.74, 6) is 1.67. The zero-order valence-electron chi connectivity index (χ0n) is 14.6. The Morgan fingerprint density at radius 2 is 2.22 bits per heavy atom. The topological polar surface area (TPSA) is 67.8 Å². The molecule has 23 heavy (non-hydrogen) atoms.